The van der Waals surface area contributed by atoms with Crippen molar-refractivity contribution >= 4 is 11.3 Å². The highest BCUT2D eigenvalue weighted by Gasteiger charge is 2.18. The molecule has 0 radical (unpaired) electrons. The molecule has 0 bridgehead atoms. The van der Waals surface area contributed by atoms with Crippen LogP contribution in [0.15, 0.2) is 11.7 Å². The maximum Gasteiger partial charge on any atom is 0.0829 e. The topological polar surface area (TPSA) is 48.1 Å². The summed E-state index contributed by atoms with van der Waals surface area (Å²) < 4.78 is 5.79. The number of ether oxygens (including phenoxy) is 1. The molecule has 14 heavy (non-hydrogen) atoms. The predicted molar refractivity (Wildman–Crippen MR) is 57.1 cm³/mol. The number of nitrogens with zero attached hydrogens (tertiary/aromatic N) is 1. The Balaban J connectivity index is 1.71. The van der Waals surface area contributed by atoms with Gasteiger partial charge in [0.2, 0.25) is 0 Å². The number of thiazole rings is 1. The molecule has 1 aliphatic rings. The van der Waals surface area contributed by atoms with Crippen LogP contribution in [0.2, 0.25) is 0 Å². The Hall–Kier alpha value is -0.450. The Labute approximate surface area is 88.3 Å². The van der Waals surface area contributed by atoms with Gasteiger partial charge in [0, 0.05) is 12.2 Å². The average Bonchev–Trinajstić information content (AvgIpc) is 2.70. The van der Waals surface area contributed by atoms with Gasteiger partial charge in [-0.15, -0.1) is 11.3 Å². The molecule has 2 N–H and O–H groups in total. The summed E-state index contributed by atoms with van der Waals surface area (Å²) >= 11 is 1.65. The number of rotatable bonds is 3. The second-order valence-electron chi connectivity index (χ2n) is 3.82. The highest BCUT2D eigenvalue weighted by molar-refractivity contribution is 7.09. The monoisotopic (exact) mass is 212 g/mol. The van der Waals surface area contributed by atoms with E-state index in [0.717, 1.165) is 25.7 Å². The van der Waals surface area contributed by atoms with Gasteiger partial charge >= 0.3 is 0 Å². The minimum absolute atomic E-state index is 0.401. The van der Waals surface area contributed by atoms with Crippen LogP contribution >= 0.6 is 11.3 Å². The van der Waals surface area contributed by atoms with Crippen molar-refractivity contribution in [2.45, 2.75) is 44.4 Å². The molecule has 0 aliphatic heterocycles. The third-order valence-corrected chi connectivity index (χ3v) is 3.42. The second-order valence-corrected chi connectivity index (χ2v) is 4.79. The van der Waals surface area contributed by atoms with Crippen molar-refractivity contribution in [2.75, 3.05) is 0 Å². The molecule has 3 nitrogen and oxygen atoms in total. The molecule has 0 saturated heterocycles. The van der Waals surface area contributed by atoms with Gasteiger partial charge in [0.05, 0.1) is 23.1 Å². The smallest absolute Gasteiger partial charge is 0.0829 e. The summed E-state index contributed by atoms with van der Waals surface area (Å²) in [5.41, 5.74) is 7.67. The van der Waals surface area contributed by atoms with E-state index in [4.69, 9.17) is 10.5 Å². The Morgan fingerprint density at radius 1 is 1.43 bits per heavy atom. The van der Waals surface area contributed by atoms with Gasteiger partial charge in [-0.3, -0.25) is 4.98 Å². The van der Waals surface area contributed by atoms with Gasteiger partial charge in [0.15, 0.2) is 0 Å². The Morgan fingerprint density at radius 2 is 2.21 bits per heavy atom. The molecule has 0 aromatic carbocycles. The van der Waals surface area contributed by atoms with Gasteiger partial charge in [0.25, 0.3) is 0 Å². The predicted octanol–water partition coefficient (Wildman–Crippen LogP) is 1.93. The van der Waals surface area contributed by atoms with Crippen molar-refractivity contribution in [1.29, 1.82) is 0 Å². The molecular weight excluding hydrogens is 196 g/mol. The Bertz CT molecular complexity index is 255. The fraction of sp³-hybridized carbons (Fsp3) is 0.700. The summed E-state index contributed by atoms with van der Waals surface area (Å²) in [5, 5.41) is 0. The maximum absolute atomic E-state index is 5.82. The van der Waals surface area contributed by atoms with Gasteiger partial charge in [-0.05, 0) is 25.7 Å². The zero-order valence-corrected chi connectivity index (χ0v) is 9.00. The number of aromatic nitrogens is 1. The summed E-state index contributed by atoms with van der Waals surface area (Å²) in [6.45, 7) is 0.713. The van der Waals surface area contributed by atoms with Gasteiger partial charge in [-0.1, -0.05) is 0 Å². The van der Waals surface area contributed by atoms with Crippen LogP contribution in [0.25, 0.3) is 0 Å². The second kappa shape index (κ2) is 4.87. The van der Waals surface area contributed by atoms with Crippen LogP contribution in [0, 0.1) is 0 Å². The minimum Gasteiger partial charge on any atom is -0.373 e. The average molecular weight is 212 g/mol. The van der Waals surface area contributed by atoms with E-state index >= 15 is 0 Å². The van der Waals surface area contributed by atoms with E-state index in [1.807, 2.05) is 11.7 Å². The molecule has 2 rings (SSSR count). The molecule has 0 amide bonds. The lowest BCUT2D eigenvalue weighted by atomic mass is 9.94. The molecule has 0 spiro atoms. The van der Waals surface area contributed by atoms with Crippen molar-refractivity contribution in [3.05, 3.63) is 16.6 Å². The molecule has 78 valence electrons. The number of nitrogens with two attached hydrogens (primary N) is 1. The van der Waals surface area contributed by atoms with E-state index in [1.165, 1.54) is 4.88 Å². The van der Waals surface area contributed by atoms with E-state index in [9.17, 15) is 0 Å². The third kappa shape index (κ3) is 2.77. The van der Waals surface area contributed by atoms with E-state index in [-0.39, 0.29) is 0 Å². The molecule has 1 aromatic heterocycles. The highest BCUT2D eigenvalue weighted by atomic mass is 32.1. The number of hydrogen-bond donors (Lipinski definition) is 1. The first-order chi connectivity index (χ1) is 6.84. The molecular formula is C10H16N2OS. The fourth-order valence-corrected chi connectivity index (χ4v) is 2.28. The van der Waals surface area contributed by atoms with Crippen LogP contribution in [-0.4, -0.2) is 17.1 Å². The first-order valence-corrected chi connectivity index (χ1v) is 5.97. The van der Waals surface area contributed by atoms with Gasteiger partial charge < -0.3 is 10.5 Å². The highest BCUT2D eigenvalue weighted by Crippen LogP contribution is 2.21. The molecule has 1 heterocycles. The zero-order chi connectivity index (χ0) is 9.80. The van der Waals surface area contributed by atoms with Crippen LogP contribution in [-0.2, 0) is 11.3 Å². The quantitative estimate of drug-likeness (QED) is 0.832. The summed E-state index contributed by atoms with van der Waals surface area (Å²) in [6, 6.07) is 0.401. The first kappa shape index (κ1) is 10.1. The summed E-state index contributed by atoms with van der Waals surface area (Å²) in [6.07, 6.45) is 6.72. The van der Waals surface area contributed by atoms with Crippen molar-refractivity contribution in [3.8, 4) is 0 Å². The van der Waals surface area contributed by atoms with Gasteiger partial charge in [-0.2, -0.15) is 0 Å². The summed E-state index contributed by atoms with van der Waals surface area (Å²) in [7, 11) is 0. The molecule has 0 unspecified atom stereocenters. The zero-order valence-electron chi connectivity index (χ0n) is 8.19. The van der Waals surface area contributed by atoms with Gasteiger partial charge in [-0.25, -0.2) is 0 Å². The summed E-state index contributed by atoms with van der Waals surface area (Å²) in [5.74, 6) is 0. The first-order valence-electron chi connectivity index (χ1n) is 5.09. The molecule has 4 heteroatoms. The van der Waals surface area contributed by atoms with E-state index in [1.54, 1.807) is 11.3 Å². The van der Waals surface area contributed by atoms with Crippen molar-refractivity contribution in [1.82, 2.24) is 4.98 Å². The van der Waals surface area contributed by atoms with Crippen LogP contribution in [0.4, 0.5) is 0 Å². The van der Waals surface area contributed by atoms with Crippen molar-refractivity contribution < 1.29 is 4.74 Å². The largest absolute Gasteiger partial charge is 0.373 e. The lowest BCUT2D eigenvalue weighted by Gasteiger charge is -2.25. The van der Waals surface area contributed by atoms with Crippen LogP contribution in [0.5, 0.6) is 0 Å². The standard InChI is InChI=1S/C10H16N2OS/c11-8-1-3-9(4-2-8)13-6-10-5-12-7-14-10/h5,7-9H,1-4,6,11H2. The van der Waals surface area contributed by atoms with Crippen molar-refractivity contribution in [3.63, 3.8) is 0 Å². The Kier molecular flexibility index (Phi) is 3.50. The lowest BCUT2D eigenvalue weighted by molar-refractivity contribution is 0.0150. The lowest BCUT2D eigenvalue weighted by Crippen LogP contribution is -2.30. The number of hydrogen-bond acceptors (Lipinski definition) is 4. The Morgan fingerprint density at radius 3 is 2.86 bits per heavy atom. The molecule has 1 fully saturated rings. The van der Waals surface area contributed by atoms with Crippen molar-refractivity contribution in [2.24, 2.45) is 5.73 Å². The molecule has 1 aromatic rings. The SMILES string of the molecule is NC1CCC(OCc2cncs2)CC1. The van der Waals surface area contributed by atoms with Crippen LogP contribution < -0.4 is 5.73 Å². The van der Waals surface area contributed by atoms with E-state index < -0.39 is 0 Å². The van der Waals surface area contributed by atoms with Gasteiger partial charge in [0.1, 0.15) is 0 Å². The van der Waals surface area contributed by atoms with Crippen LogP contribution in [0.3, 0.4) is 0 Å². The minimum atomic E-state index is 0.401. The van der Waals surface area contributed by atoms with E-state index in [0.29, 0.717) is 18.8 Å². The summed E-state index contributed by atoms with van der Waals surface area (Å²) in [4.78, 5) is 5.22. The molecule has 1 aliphatic carbocycles. The van der Waals surface area contributed by atoms with Crippen LogP contribution in [0.1, 0.15) is 30.6 Å². The normalized spacial score (nSPS) is 27.8. The fourth-order valence-electron chi connectivity index (χ4n) is 1.77. The molecule has 0 atom stereocenters. The maximum atomic E-state index is 5.82. The third-order valence-electron chi connectivity index (χ3n) is 2.66. The molecule has 1 saturated carbocycles. The van der Waals surface area contributed by atoms with E-state index in [2.05, 4.69) is 4.98 Å².